The summed E-state index contributed by atoms with van der Waals surface area (Å²) in [6.45, 7) is 4.18. The zero-order valence-corrected chi connectivity index (χ0v) is 12.1. The lowest BCUT2D eigenvalue weighted by Gasteiger charge is -2.05. The fourth-order valence-electron chi connectivity index (χ4n) is 2.39. The summed E-state index contributed by atoms with van der Waals surface area (Å²) in [4.78, 5) is 3.27. The predicted molar refractivity (Wildman–Crippen MR) is 79.3 cm³/mol. The Hall–Kier alpha value is -1.88. The van der Waals surface area contributed by atoms with Gasteiger partial charge in [0.2, 0.25) is 0 Å². The molecule has 0 aliphatic heterocycles. The number of aromatic nitrogens is 4. The van der Waals surface area contributed by atoms with E-state index in [0.717, 1.165) is 29.0 Å². The SMILES string of the molecule is CCc1nn(C)c2c1[nH]c(=S)n2-c1ccc(C)cc1. The third-order valence-electron chi connectivity index (χ3n) is 3.36. The quantitative estimate of drug-likeness (QED) is 0.727. The molecule has 0 saturated carbocycles. The molecule has 0 fully saturated rings. The van der Waals surface area contributed by atoms with Crippen LogP contribution in [0.2, 0.25) is 0 Å². The van der Waals surface area contributed by atoms with Gasteiger partial charge in [0.25, 0.3) is 0 Å². The summed E-state index contributed by atoms with van der Waals surface area (Å²) in [6.07, 6.45) is 0.889. The second kappa shape index (κ2) is 4.35. The summed E-state index contributed by atoms with van der Waals surface area (Å²) < 4.78 is 4.64. The average Bonchev–Trinajstić information content (AvgIpc) is 2.88. The van der Waals surface area contributed by atoms with Crippen LogP contribution in [-0.2, 0) is 13.5 Å². The third-order valence-corrected chi connectivity index (χ3v) is 3.65. The number of hydrogen-bond acceptors (Lipinski definition) is 2. The minimum Gasteiger partial charge on any atom is -0.327 e. The van der Waals surface area contributed by atoms with Gasteiger partial charge in [0.05, 0.1) is 5.69 Å². The zero-order valence-electron chi connectivity index (χ0n) is 11.3. The Balaban J connectivity index is 2.34. The number of H-pyrrole nitrogens is 1. The number of aromatic amines is 1. The molecule has 0 atom stereocenters. The largest absolute Gasteiger partial charge is 0.327 e. The smallest absolute Gasteiger partial charge is 0.184 e. The lowest BCUT2D eigenvalue weighted by atomic mass is 10.2. The molecule has 0 aliphatic carbocycles. The summed E-state index contributed by atoms with van der Waals surface area (Å²) in [5, 5.41) is 4.53. The first-order valence-corrected chi connectivity index (χ1v) is 6.76. The molecule has 19 heavy (non-hydrogen) atoms. The van der Waals surface area contributed by atoms with Gasteiger partial charge in [0.15, 0.2) is 10.4 Å². The Morgan fingerprint density at radius 1 is 1.26 bits per heavy atom. The van der Waals surface area contributed by atoms with Gasteiger partial charge in [0, 0.05) is 12.7 Å². The number of nitrogens with one attached hydrogen (secondary N) is 1. The van der Waals surface area contributed by atoms with Crippen molar-refractivity contribution in [2.24, 2.45) is 7.05 Å². The molecule has 0 bridgehead atoms. The average molecular weight is 272 g/mol. The van der Waals surface area contributed by atoms with Gasteiger partial charge in [-0.2, -0.15) is 5.10 Å². The van der Waals surface area contributed by atoms with Crippen molar-refractivity contribution in [3.05, 3.63) is 40.3 Å². The Kier molecular flexibility index (Phi) is 2.78. The van der Waals surface area contributed by atoms with Crippen LogP contribution in [0, 0.1) is 11.7 Å². The van der Waals surface area contributed by atoms with E-state index in [1.165, 1.54) is 5.56 Å². The van der Waals surface area contributed by atoms with Crippen LogP contribution >= 0.6 is 12.2 Å². The maximum absolute atomic E-state index is 5.45. The number of imidazole rings is 1. The maximum atomic E-state index is 5.45. The normalized spacial score (nSPS) is 11.3. The molecule has 0 amide bonds. The number of benzene rings is 1. The van der Waals surface area contributed by atoms with Gasteiger partial charge in [0.1, 0.15) is 5.52 Å². The molecule has 1 aromatic carbocycles. The van der Waals surface area contributed by atoms with Gasteiger partial charge in [-0.15, -0.1) is 0 Å². The number of nitrogens with zero attached hydrogens (tertiary/aromatic N) is 3. The molecule has 5 heteroatoms. The predicted octanol–water partition coefficient (Wildman–Crippen LogP) is 3.29. The molecule has 0 aliphatic rings. The van der Waals surface area contributed by atoms with E-state index in [1.807, 2.05) is 16.3 Å². The monoisotopic (exact) mass is 272 g/mol. The van der Waals surface area contributed by atoms with Crippen LogP contribution in [0.3, 0.4) is 0 Å². The van der Waals surface area contributed by atoms with E-state index >= 15 is 0 Å². The molecule has 0 spiro atoms. The van der Waals surface area contributed by atoms with E-state index < -0.39 is 0 Å². The molecule has 98 valence electrons. The van der Waals surface area contributed by atoms with Crippen LogP contribution in [0.5, 0.6) is 0 Å². The van der Waals surface area contributed by atoms with E-state index in [0.29, 0.717) is 4.77 Å². The van der Waals surface area contributed by atoms with Gasteiger partial charge in [-0.3, -0.25) is 4.57 Å². The van der Waals surface area contributed by atoms with E-state index in [9.17, 15) is 0 Å². The highest BCUT2D eigenvalue weighted by Gasteiger charge is 2.14. The number of aryl methyl sites for hydroxylation is 3. The van der Waals surface area contributed by atoms with Crippen molar-refractivity contribution < 1.29 is 0 Å². The highest BCUT2D eigenvalue weighted by Crippen LogP contribution is 2.22. The van der Waals surface area contributed by atoms with Gasteiger partial charge in [-0.25, -0.2) is 4.68 Å². The fraction of sp³-hybridized carbons (Fsp3) is 0.286. The number of hydrogen-bond donors (Lipinski definition) is 1. The van der Waals surface area contributed by atoms with Crippen LogP contribution in [0.1, 0.15) is 18.2 Å². The Morgan fingerprint density at radius 3 is 2.58 bits per heavy atom. The van der Waals surface area contributed by atoms with Crippen LogP contribution in [-0.4, -0.2) is 19.3 Å². The lowest BCUT2D eigenvalue weighted by Crippen LogP contribution is -2.00. The highest BCUT2D eigenvalue weighted by molar-refractivity contribution is 7.71. The van der Waals surface area contributed by atoms with Crippen LogP contribution < -0.4 is 0 Å². The maximum Gasteiger partial charge on any atom is 0.184 e. The molecule has 4 nitrogen and oxygen atoms in total. The van der Waals surface area contributed by atoms with Crippen molar-refractivity contribution in [2.75, 3.05) is 0 Å². The molecule has 2 aromatic heterocycles. The first-order chi connectivity index (χ1) is 9.11. The summed E-state index contributed by atoms with van der Waals surface area (Å²) >= 11 is 5.45. The third kappa shape index (κ3) is 1.81. The fourth-order valence-corrected chi connectivity index (χ4v) is 2.69. The number of rotatable bonds is 2. The van der Waals surface area contributed by atoms with Crippen molar-refractivity contribution in [1.29, 1.82) is 0 Å². The lowest BCUT2D eigenvalue weighted by molar-refractivity contribution is 0.748. The molecular weight excluding hydrogens is 256 g/mol. The summed E-state index contributed by atoms with van der Waals surface area (Å²) in [6, 6.07) is 8.34. The molecule has 2 heterocycles. The molecule has 0 unspecified atom stereocenters. The van der Waals surface area contributed by atoms with E-state index in [2.05, 4.69) is 48.2 Å². The molecular formula is C14H16N4S. The summed E-state index contributed by atoms with van der Waals surface area (Å²) in [5.41, 5.74) is 5.41. The Labute approximate surface area is 116 Å². The molecule has 3 aromatic rings. The van der Waals surface area contributed by atoms with Crippen LogP contribution in [0.25, 0.3) is 16.9 Å². The van der Waals surface area contributed by atoms with Crippen molar-refractivity contribution in [1.82, 2.24) is 19.3 Å². The van der Waals surface area contributed by atoms with E-state index in [1.54, 1.807) is 0 Å². The molecule has 1 N–H and O–H groups in total. The van der Waals surface area contributed by atoms with Crippen molar-refractivity contribution >= 4 is 23.4 Å². The van der Waals surface area contributed by atoms with Gasteiger partial charge < -0.3 is 4.98 Å². The minimum absolute atomic E-state index is 0.710. The van der Waals surface area contributed by atoms with E-state index in [4.69, 9.17) is 12.2 Å². The standard InChI is InChI=1S/C14H16N4S/c1-4-11-12-13(17(3)16-11)18(14(19)15-12)10-7-5-9(2)6-8-10/h5-8H,4H2,1-3H3,(H,15,19). The first-order valence-electron chi connectivity index (χ1n) is 6.35. The Bertz CT molecular complexity index is 789. The minimum atomic E-state index is 0.710. The van der Waals surface area contributed by atoms with Crippen molar-refractivity contribution in [2.45, 2.75) is 20.3 Å². The topological polar surface area (TPSA) is 38.5 Å². The van der Waals surface area contributed by atoms with E-state index in [-0.39, 0.29) is 0 Å². The van der Waals surface area contributed by atoms with Crippen LogP contribution in [0.4, 0.5) is 0 Å². The Morgan fingerprint density at radius 2 is 1.95 bits per heavy atom. The van der Waals surface area contributed by atoms with Crippen molar-refractivity contribution in [3.63, 3.8) is 0 Å². The van der Waals surface area contributed by atoms with Gasteiger partial charge in [-0.05, 0) is 37.7 Å². The van der Waals surface area contributed by atoms with Gasteiger partial charge >= 0.3 is 0 Å². The van der Waals surface area contributed by atoms with Crippen molar-refractivity contribution in [3.8, 4) is 5.69 Å². The zero-order chi connectivity index (χ0) is 13.6. The second-order valence-electron chi connectivity index (χ2n) is 4.72. The summed E-state index contributed by atoms with van der Waals surface area (Å²) in [5.74, 6) is 0. The highest BCUT2D eigenvalue weighted by atomic mass is 32.1. The number of fused-ring (bicyclic) bond motifs is 1. The second-order valence-corrected chi connectivity index (χ2v) is 5.11. The summed E-state index contributed by atoms with van der Waals surface area (Å²) in [7, 11) is 1.95. The van der Waals surface area contributed by atoms with Crippen LogP contribution in [0.15, 0.2) is 24.3 Å². The molecule has 0 saturated heterocycles. The van der Waals surface area contributed by atoms with Gasteiger partial charge in [-0.1, -0.05) is 24.6 Å². The molecule has 0 radical (unpaired) electrons. The first kappa shape index (κ1) is 12.2. The molecule has 3 rings (SSSR count).